The molecule has 4 rings (SSSR count). The van der Waals surface area contributed by atoms with E-state index in [0.29, 0.717) is 34.1 Å². The molecule has 0 aliphatic carbocycles. The number of hydrogen-bond donors (Lipinski definition) is 0. The minimum absolute atomic E-state index is 0.221. The van der Waals surface area contributed by atoms with Crippen molar-refractivity contribution in [2.45, 2.75) is 5.71 Å². The van der Waals surface area contributed by atoms with Gasteiger partial charge >= 0.3 is 164 Å². The van der Waals surface area contributed by atoms with Gasteiger partial charge < -0.3 is 0 Å². The van der Waals surface area contributed by atoms with Crippen molar-refractivity contribution in [2.75, 3.05) is 28.2 Å². The van der Waals surface area contributed by atoms with Crippen molar-refractivity contribution in [1.82, 2.24) is 9.80 Å². The van der Waals surface area contributed by atoms with E-state index in [1.165, 1.54) is 9.80 Å². The molecule has 0 aromatic heterocycles. The Labute approximate surface area is 164 Å². The molecule has 0 fully saturated rings. The van der Waals surface area contributed by atoms with Crippen molar-refractivity contribution in [3.63, 3.8) is 0 Å². The van der Waals surface area contributed by atoms with Crippen LogP contribution in [0.4, 0.5) is 0 Å². The van der Waals surface area contributed by atoms with Crippen LogP contribution in [0.5, 0.6) is 23.0 Å². The van der Waals surface area contributed by atoms with Crippen LogP contribution in [0.25, 0.3) is 0 Å². The number of nitrogens with zero attached hydrogens (tertiary/aromatic N) is 2. The molecule has 0 N–H and O–H groups in total. The van der Waals surface area contributed by atoms with Crippen molar-refractivity contribution in [2.24, 2.45) is 0 Å². The predicted octanol–water partition coefficient (Wildman–Crippen LogP) is 2.35. The average molecular weight is 448 g/mol. The van der Waals surface area contributed by atoms with Crippen molar-refractivity contribution in [3.05, 3.63) is 47.5 Å². The summed E-state index contributed by atoms with van der Waals surface area (Å²) in [5, 5.41) is 0. The molecule has 8 nitrogen and oxygen atoms in total. The summed E-state index contributed by atoms with van der Waals surface area (Å²) in [6.07, 6.45) is 0. The number of amides is 2. The minimum atomic E-state index is -4.80. The van der Waals surface area contributed by atoms with Crippen molar-refractivity contribution in [1.29, 1.82) is 0 Å². The zero-order valence-corrected chi connectivity index (χ0v) is 18.1. The molecule has 2 heterocycles. The molecule has 1 spiro atoms. The Balaban J connectivity index is 1.76. The molecule has 9 heteroatoms. The van der Waals surface area contributed by atoms with Crippen LogP contribution >= 0.6 is 0 Å². The van der Waals surface area contributed by atoms with Gasteiger partial charge in [-0.15, -0.1) is 0 Å². The van der Waals surface area contributed by atoms with Gasteiger partial charge in [0.2, 0.25) is 0 Å². The first-order valence-corrected chi connectivity index (χ1v) is 13.6. The van der Waals surface area contributed by atoms with E-state index in [1.807, 2.05) is 0 Å². The summed E-state index contributed by atoms with van der Waals surface area (Å²) >= 11 is -4.80. The molecule has 148 valence electrons. The van der Waals surface area contributed by atoms with Crippen LogP contribution in [0.15, 0.2) is 36.4 Å². The van der Waals surface area contributed by atoms with Crippen LogP contribution in [-0.4, -0.2) is 63.6 Å². The Morgan fingerprint density at radius 3 is 1.46 bits per heavy atom. The van der Waals surface area contributed by atoms with E-state index >= 15 is 0 Å². The monoisotopic (exact) mass is 448 g/mol. The summed E-state index contributed by atoms with van der Waals surface area (Å²) in [5.74, 6) is 0.914. The van der Waals surface area contributed by atoms with Gasteiger partial charge in [-0.05, 0) is 0 Å². The third kappa shape index (κ3) is 2.67. The summed E-state index contributed by atoms with van der Waals surface area (Å²) < 4.78 is 24.5. The van der Waals surface area contributed by atoms with E-state index in [0.717, 1.165) is 0 Å². The molecule has 2 aromatic carbocycles. The second-order valence-corrected chi connectivity index (χ2v) is 13.7. The van der Waals surface area contributed by atoms with Crippen molar-refractivity contribution < 1.29 is 24.5 Å². The van der Waals surface area contributed by atoms with Crippen LogP contribution in [0, 0.1) is 0 Å². The van der Waals surface area contributed by atoms with Gasteiger partial charge in [-0.25, -0.2) is 0 Å². The number of hydrogen-bond acceptors (Lipinski definition) is 6. The van der Waals surface area contributed by atoms with Crippen molar-refractivity contribution in [3.8, 4) is 23.0 Å². The Hall–Kier alpha value is -2.86. The molecule has 0 radical (unpaired) electrons. The zero-order chi connectivity index (χ0) is 20.3. The maximum atomic E-state index is 12.5. The average Bonchev–Trinajstić information content (AvgIpc) is 3.11. The summed E-state index contributed by atoms with van der Waals surface area (Å²) in [4.78, 5) is 28.0. The standard InChI is InChI=1S/C19H21AsN2O6/c1-20(25-14-10-6-8-12(16(14)27-20)18(23)21(2)3)26-15-11-7-9-13(17(15)28-20)19(24)22(4)5/h6-11H,1-5H3. The van der Waals surface area contributed by atoms with E-state index < -0.39 is 13.8 Å². The van der Waals surface area contributed by atoms with Gasteiger partial charge in [-0.2, -0.15) is 0 Å². The molecular formula is C19H21AsN2O6. The summed E-state index contributed by atoms with van der Waals surface area (Å²) in [5.41, 5.74) is 2.36. The van der Waals surface area contributed by atoms with E-state index in [9.17, 15) is 9.59 Å². The normalized spacial score (nSPS) is 18.2. The molecule has 0 saturated carbocycles. The van der Waals surface area contributed by atoms with Gasteiger partial charge in [-0.1, -0.05) is 0 Å². The second-order valence-electron chi connectivity index (χ2n) is 7.21. The summed E-state index contributed by atoms with van der Waals surface area (Å²) in [6.45, 7) is 0. The number of fused-ring (bicyclic) bond motifs is 2. The number of benzene rings is 2. The van der Waals surface area contributed by atoms with E-state index in [1.54, 1.807) is 70.3 Å². The quantitative estimate of drug-likeness (QED) is 0.657. The first kappa shape index (κ1) is 18.5. The molecule has 0 saturated heterocycles. The first-order chi connectivity index (χ1) is 13.1. The van der Waals surface area contributed by atoms with Gasteiger partial charge in [0.1, 0.15) is 0 Å². The number of carbonyl (C=O) groups is 2. The van der Waals surface area contributed by atoms with E-state index in [2.05, 4.69) is 0 Å². The Kier molecular flexibility index (Phi) is 3.84. The molecule has 0 bridgehead atoms. The number of carbonyl (C=O) groups excluding carboxylic acids is 2. The fourth-order valence-corrected chi connectivity index (χ4v) is 8.54. The van der Waals surface area contributed by atoms with Crippen molar-refractivity contribution >= 4 is 25.6 Å². The van der Waals surface area contributed by atoms with Gasteiger partial charge in [0.25, 0.3) is 0 Å². The number of para-hydroxylation sites is 2. The Morgan fingerprint density at radius 1 is 0.714 bits per heavy atom. The third-order valence-corrected chi connectivity index (χ3v) is 9.42. The van der Waals surface area contributed by atoms with Gasteiger partial charge in [0.05, 0.1) is 0 Å². The third-order valence-electron chi connectivity index (χ3n) is 4.42. The van der Waals surface area contributed by atoms with E-state index in [-0.39, 0.29) is 11.8 Å². The second kappa shape index (κ2) is 5.82. The van der Waals surface area contributed by atoms with Gasteiger partial charge in [-0.3, -0.25) is 0 Å². The van der Waals surface area contributed by atoms with Crippen LogP contribution in [-0.2, 0) is 0 Å². The molecule has 0 atom stereocenters. The SMILES string of the molecule is CN(C)C(=O)c1cccc2c1O[As]1(C)(O2)Oc2cccc(C(=O)N(C)C)c2O1. The maximum absolute atomic E-state index is 12.5. The fraction of sp³-hybridized carbons (Fsp3) is 0.263. The van der Waals surface area contributed by atoms with Gasteiger partial charge in [0, 0.05) is 0 Å². The van der Waals surface area contributed by atoms with E-state index in [4.69, 9.17) is 14.9 Å². The molecule has 2 aromatic rings. The van der Waals surface area contributed by atoms with Crippen LogP contribution < -0.4 is 14.9 Å². The Morgan fingerprint density at radius 2 is 1.11 bits per heavy atom. The molecule has 28 heavy (non-hydrogen) atoms. The first-order valence-electron chi connectivity index (χ1n) is 8.63. The van der Waals surface area contributed by atoms with Crippen LogP contribution in [0.2, 0.25) is 5.71 Å². The molecule has 0 unspecified atom stereocenters. The summed E-state index contributed by atoms with van der Waals surface area (Å²) in [7, 11) is 6.64. The number of rotatable bonds is 2. The summed E-state index contributed by atoms with van der Waals surface area (Å²) in [6, 6.07) is 10.2. The van der Waals surface area contributed by atoms with Crippen LogP contribution in [0.3, 0.4) is 0 Å². The zero-order valence-electron chi connectivity index (χ0n) is 16.3. The fourth-order valence-electron chi connectivity index (χ4n) is 3.14. The molecule has 2 aliphatic rings. The molecular weight excluding hydrogens is 427 g/mol. The molecule has 2 amide bonds. The topological polar surface area (TPSA) is 77.5 Å². The predicted molar refractivity (Wildman–Crippen MR) is 103 cm³/mol. The van der Waals surface area contributed by atoms with Gasteiger partial charge in [0.15, 0.2) is 0 Å². The Bertz CT molecular complexity index is 940. The van der Waals surface area contributed by atoms with Crippen LogP contribution in [0.1, 0.15) is 20.7 Å². The molecule has 2 aliphatic heterocycles.